The van der Waals surface area contributed by atoms with Crippen molar-refractivity contribution in [3.8, 4) is 0 Å². The van der Waals surface area contributed by atoms with Crippen LogP contribution in [0.15, 0.2) is 0 Å². The standard InChI is InChI=1S/C17H30O2S/c1-3-9-19-13-6-8-15-14-7-5-12(18-4-2)10-16(14)20-17(15)11-13/h12-17H,3-11H2,1-2H3. The Morgan fingerprint density at radius 2 is 1.45 bits per heavy atom. The second kappa shape index (κ2) is 7.02. The topological polar surface area (TPSA) is 18.5 Å². The Labute approximate surface area is 128 Å². The second-order valence-electron chi connectivity index (χ2n) is 6.74. The molecule has 0 aromatic heterocycles. The molecule has 1 aliphatic heterocycles. The van der Waals surface area contributed by atoms with E-state index in [2.05, 4.69) is 25.6 Å². The van der Waals surface area contributed by atoms with Crippen LogP contribution in [0.4, 0.5) is 0 Å². The van der Waals surface area contributed by atoms with Gasteiger partial charge in [0, 0.05) is 23.7 Å². The molecule has 0 aromatic rings. The average Bonchev–Trinajstić information content (AvgIpc) is 2.82. The number of ether oxygens (including phenoxy) is 2. The van der Waals surface area contributed by atoms with E-state index in [4.69, 9.17) is 9.47 Å². The van der Waals surface area contributed by atoms with Crippen LogP contribution in [0.2, 0.25) is 0 Å². The van der Waals surface area contributed by atoms with E-state index >= 15 is 0 Å². The molecule has 1 heterocycles. The Balaban J connectivity index is 1.54. The van der Waals surface area contributed by atoms with E-state index in [9.17, 15) is 0 Å². The van der Waals surface area contributed by atoms with Gasteiger partial charge in [0.1, 0.15) is 0 Å². The quantitative estimate of drug-likeness (QED) is 0.755. The molecule has 0 amide bonds. The molecule has 0 bridgehead atoms. The number of hydrogen-bond acceptors (Lipinski definition) is 3. The normalized spacial score (nSPS) is 44.1. The van der Waals surface area contributed by atoms with Crippen molar-refractivity contribution < 1.29 is 9.47 Å². The van der Waals surface area contributed by atoms with Crippen LogP contribution < -0.4 is 0 Å². The first-order valence-corrected chi connectivity index (χ1v) is 9.64. The van der Waals surface area contributed by atoms with Gasteiger partial charge < -0.3 is 9.47 Å². The summed E-state index contributed by atoms with van der Waals surface area (Å²) in [6.07, 6.45) is 10.3. The molecular formula is C17H30O2S. The highest BCUT2D eigenvalue weighted by atomic mass is 32.2. The highest BCUT2D eigenvalue weighted by Gasteiger charge is 2.48. The van der Waals surface area contributed by atoms with Crippen LogP contribution in [0.5, 0.6) is 0 Å². The summed E-state index contributed by atoms with van der Waals surface area (Å²) in [4.78, 5) is 0. The Kier molecular flexibility index (Phi) is 5.33. The van der Waals surface area contributed by atoms with Crippen molar-refractivity contribution in [3.63, 3.8) is 0 Å². The monoisotopic (exact) mass is 298 g/mol. The van der Waals surface area contributed by atoms with Crippen molar-refractivity contribution in [2.45, 2.75) is 81.5 Å². The van der Waals surface area contributed by atoms with Crippen molar-refractivity contribution in [1.82, 2.24) is 0 Å². The molecule has 2 saturated carbocycles. The first-order valence-electron chi connectivity index (χ1n) is 8.70. The van der Waals surface area contributed by atoms with Crippen molar-refractivity contribution in [1.29, 1.82) is 0 Å². The van der Waals surface area contributed by atoms with Crippen LogP contribution in [0, 0.1) is 11.8 Å². The van der Waals surface area contributed by atoms with Gasteiger partial charge in [0.15, 0.2) is 0 Å². The van der Waals surface area contributed by atoms with E-state index in [1.807, 2.05) is 0 Å². The molecular weight excluding hydrogens is 268 g/mol. The maximum Gasteiger partial charge on any atom is 0.0585 e. The van der Waals surface area contributed by atoms with Crippen LogP contribution in [0.1, 0.15) is 58.8 Å². The molecule has 6 unspecified atom stereocenters. The zero-order chi connectivity index (χ0) is 13.9. The molecule has 6 atom stereocenters. The lowest BCUT2D eigenvalue weighted by Crippen LogP contribution is -2.35. The van der Waals surface area contributed by atoms with Gasteiger partial charge in [0.25, 0.3) is 0 Å². The predicted molar refractivity (Wildman–Crippen MR) is 85.3 cm³/mol. The largest absolute Gasteiger partial charge is 0.378 e. The molecule has 3 aliphatic rings. The fraction of sp³-hybridized carbons (Fsp3) is 1.00. The number of rotatable bonds is 5. The molecule has 3 rings (SSSR count). The zero-order valence-electron chi connectivity index (χ0n) is 13.1. The number of hydrogen-bond donors (Lipinski definition) is 0. The van der Waals surface area contributed by atoms with E-state index in [1.54, 1.807) is 0 Å². The van der Waals surface area contributed by atoms with Crippen LogP contribution in [0.3, 0.4) is 0 Å². The lowest BCUT2D eigenvalue weighted by Gasteiger charge is -2.36. The first-order chi connectivity index (χ1) is 9.81. The Bertz CT molecular complexity index is 309. The molecule has 0 N–H and O–H groups in total. The molecule has 2 aliphatic carbocycles. The van der Waals surface area contributed by atoms with Gasteiger partial charge in [0.2, 0.25) is 0 Å². The third-order valence-corrected chi connectivity index (χ3v) is 7.23. The molecule has 20 heavy (non-hydrogen) atoms. The van der Waals surface area contributed by atoms with E-state index < -0.39 is 0 Å². The van der Waals surface area contributed by atoms with E-state index in [-0.39, 0.29) is 0 Å². The minimum absolute atomic E-state index is 0.543. The summed E-state index contributed by atoms with van der Waals surface area (Å²) in [5, 5.41) is 1.75. The molecule has 116 valence electrons. The van der Waals surface area contributed by atoms with Crippen LogP contribution >= 0.6 is 11.8 Å². The molecule has 1 saturated heterocycles. The third-order valence-electron chi connectivity index (χ3n) is 5.45. The Morgan fingerprint density at radius 3 is 2.00 bits per heavy atom. The second-order valence-corrected chi connectivity index (χ2v) is 8.22. The van der Waals surface area contributed by atoms with Crippen molar-refractivity contribution in [3.05, 3.63) is 0 Å². The number of thioether (sulfide) groups is 1. The predicted octanol–water partition coefficient (Wildman–Crippen LogP) is 4.27. The first kappa shape index (κ1) is 15.2. The Hall–Kier alpha value is 0.270. The van der Waals surface area contributed by atoms with Crippen LogP contribution in [-0.2, 0) is 9.47 Å². The lowest BCUT2D eigenvalue weighted by molar-refractivity contribution is 0.00234. The van der Waals surface area contributed by atoms with E-state index in [1.165, 1.54) is 38.5 Å². The minimum atomic E-state index is 0.543. The van der Waals surface area contributed by atoms with Gasteiger partial charge in [0.05, 0.1) is 12.2 Å². The van der Waals surface area contributed by atoms with Gasteiger partial charge in [-0.2, -0.15) is 11.8 Å². The molecule has 0 radical (unpaired) electrons. The summed E-state index contributed by atoms with van der Waals surface area (Å²) < 4.78 is 11.9. The minimum Gasteiger partial charge on any atom is -0.378 e. The Morgan fingerprint density at radius 1 is 0.850 bits per heavy atom. The maximum absolute atomic E-state index is 6.02. The highest BCUT2D eigenvalue weighted by Crippen LogP contribution is 2.55. The van der Waals surface area contributed by atoms with Gasteiger partial charge in [-0.25, -0.2) is 0 Å². The summed E-state index contributed by atoms with van der Waals surface area (Å²) in [5.74, 6) is 1.96. The smallest absolute Gasteiger partial charge is 0.0585 e. The van der Waals surface area contributed by atoms with E-state index in [0.717, 1.165) is 42.0 Å². The molecule has 2 nitrogen and oxygen atoms in total. The fourth-order valence-electron chi connectivity index (χ4n) is 4.57. The molecule has 0 spiro atoms. The van der Waals surface area contributed by atoms with Gasteiger partial charge >= 0.3 is 0 Å². The van der Waals surface area contributed by atoms with E-state index in [0.29, 0.717) is 12.2 Å². The fourth-order valence-corrected chi connectivity index (χ4v) is 6.75. The van der Waals surface area contributed by atoms with Gasteiger partial charge in [-0.05, 0) is 63.7 Å². The zero-order valence-corrected chi connectivity index (χ0v) is 13.9. The van der Waals surface area contributed by atoms with Crippen molar-refractivity contribution in [2.24, 2.45) is 11.8 Å². The SMILES string of the molecule is CCCOC1CCC2C(C1)SC1CC(OCC)CCC12. The third kappa shape index (κ3) is 3.20. The van der Waals surface area contributed by atoms with Gasteiger partial charge in [-0.3, -0.25) is 0 Å². The molecule has 0 aromatic carbocycles. The molecule has 3 heteroatoms. The van der Waals surface area contributed by atoms with Gasteiger partial charge in [-0.1, -0.05) is 6.92 Å². The maximum atomic E-state index is 6.02. The lowest BCUT2D eigenvalue weighted by atomic mass is 9.72. The molecule has 3 fully saturated rings. The average molecular weight is 298 g/mol. The van der Waals surface area contributed by atoms with Gasteiger partial charge in [-0.15, -0.1) is 0 Å². The number of fused-ring (bicyclic) bond motifs is 3. The summed E-state index contributed by atoms with van der Waals surface area (Å²) in [6, 6.07) is 0. The van der Waals surface area contributed by atoms with Crippen molar-refractivity contribution in [2.75, 3.05) is 13.2 Å². The summed E-state index contributed by atoms with van der Waals surface area (Å²) in [5.41, 5.74) is 0. The van der Waals surface area contributed by atoms with Crippen LogP contribution in [-0.4, -0.2) is 35.9 Å². The summed E-state index contributed by atoms with van der Waals surface area (Å²) >= 11 is 2.29. The van der Waals surface area contributed by atoms with Crippen LogP contribution in [0.25, 0.3) is 0 Å². The highest BCUT2D eigenvalue weighted by molar-refractivity contribution is 8.00. The van der Waals surface area contributed by atoms with Crippen molar-refractivity contribution >= 4 is 11.8 Å². The summed E-state index contributed by atoms with van der Waals surface area (Å²) in [6.45, 7) is 6.17. The summed E-state index contributed by atoms with van der Waals surface area (Å²) in [7, 11) is 0.